The number of nitrogens with zero attached hydrogens (tertiary/aromatic N) is 5. The highest BCUT2D eigenvalue weighted by molar-refractivity contribution is 5.56. The molecule has 3 heterocycles. The molecule has 0 radical (unpaired) electrons. The van der Waals surface area contributed by atoms with Gasteiger partial charge in [-0.05, 0) is 12.1 Å². The van der Waals surface area contributed by atoms with E-state index in [2.05, 4.69) is 19.9 Å². The van der Waals surface area contributed by atoms with E-state index in [0.717, 1.165) is 11.3 Å². The van der Waals surface area contributed by atoms with Crippen molar-refractivity contribution in [3.8, 4) is 17.3 Å². The van der Waals surface area contributed by atoms with Crippen LogP contribution in [0.1, 0.15) is 0 Å². The second kappa shape index (κ2) is 5.92. The molecule has 0 N–H and O–H groups in total. The smallest absolute Gasteiger partial charge is 0.316 e. The fraction of sp³-hybridized carbons (Fsp3) is 0.143. The van der Waals surface area contributed by atoms with E-state index in [9.17, 15) is 0 Å². The molecule has 0 saturated carbocycles. The number of hydrogen-bond donors (Lipinski definition) is 0. The maximum absolute atomic E-state index is 5.48. The van der Waals surface area contributed by atoms with Crippen LogP contribution in [0.4, 0.5) is 0 Å². The zero-order chi connectivity index (χ0) is 13.6. The van der Waals surface area contributed by atoms with Crippen LogP contribution in [0.3, 0.4) is 0 Å². The van der Waals surface area contributed by atoms with Gasteiger partial charge in [-0.2, -0.15) is 0 Å². The van der Waals surface area contributed by atoms with Gasteiger partial charge >= 0.3 is 6.01 Å². The zero-order valence-corrected chi connectivity index (χ0v) is 10.8. The number of ether oxygens (including phenoxy) is 1. The first-order valence-electron chi connectivity index (χ1n) is 6.24. The van der Waals surface area contributed by atoms with Gasteiger partial charge in [-0.25, -0.2) is 15.0 Å². The molecule has 0 fully saturated rings. The van der Waals surface area contributed by atoms with Crippen molar-refractivity contribution in [1.29, 1.82) is 0 Å². The van der Waals surface area contributed by atoms with E-state index in [1.807, 2.05) is 29.0 Å². The number of pyridine rings is 1. The third-order valence-electron chi connectivity index (χ3n) is 2.73. The van der Waals surface area contributed by atoms with Gasteiger partial charge in [-0.3, -0.25) is 4.98 Å². The van der Waals surface area contributed by atoms with Crippen molar-refractivity contribution < 1.29 is 4.74 Å². The summed E-state index contributed by atoms with van der Waals surface area (Å²) < 4.78 is 7.41. The minimum atomic E-state index is 0.366. The number of aromatic nitrogens is 5. The summed E-state index contributed by atoms with van der Waals surface area (Å²) in [5, 5.41) is 0. The largest absolute Gasteiger partial charge is 0.462 e. The van der Waals surface area contributed by atoms with Gasteiger partial charge in [-0.15, -0.1) is 0 Å². The van der Waals surface area contributed by atoms with E-state index >= 15 is 0 Å². The minimum absolute atomic E-state index is 0.366. The average Bonchev–Trinajstić information content (AvgIpc) is 3.02. The molecule has 6 heteroatoms. The SMILES string of the molecule is c1ccc(-c2cnc(OCCn3ccnc3)nc2)nc1. The molecular formula is C14H13N5O. The van der Waals surface area contributed by atoms with Gasteiger partial charge in [0.25, 0.3) is 0 Å². The summed E-state index contributed by atoms with van der Waals surface area (Å²) >= 11 is 0. The van der Waals surface area contributed by atoms with E-state index in [-0.39, 0.29) is 0 Å². The quantitative estimate of drug-likeness (QED) is 0.705. The predicted octanol–water partition coefficient (Wildman–Crippen LogP) is 1.81. The molecule has 0 spiro atoms. The topological polar surface area (TPSA) is 65.7 Å². The normalized spacial score (nSPS) is 10.4. The van der Waals surface area contributed by atoms with Crippen molar-refractivity contribution in [2.75, 3.05) is 6.61 Å². The van der Waals surface area contributed by atoms with E-state index < -0.39 is 0 Å². The van der Waals surface area contributed by atoms with Crippen molar-refractivity contribution >= 4 is 0 Å². The molecule has 0 atom stereocenters. The lowest BCUT2D eigenvalue weighted by molar-refractivity contribution is 0.275. The Kier molecular flexibility index (Phi) is 3.64. The van der Waals surface area contributed by atoms with E-state index in [0.29, 0.717) is 19.2 Å². The first kappa shape index (κ1) is 12.3. The highest BCUT2D eigenvalue weighted by Crippen LogP contribution is 2.14. The fourth-order valence-corrected chi connectivity index (χ4v) is 1.72. The van der Waals surface area contributed by atoms with Crippen molar-refractivity contribution in [2.45, 2.75) is 6.54 Å². The fourth-order valence-electron chi connectivity index (χ4n) is 1.72. The molecule has 3 aromatic rings. The van der Waals surface area contributed by atoms with E-state index in [1.54, 1.807) is 31.1 Å². The van der Waals surface area contributed by atoms with Crippen LogP contribution in [0.5, 0.6) is 6.01 Å². The molecule has 3 aromatic heterocycles. The first-order chi connectivity index (χ1) is 9.92. The lowest BCUT2D eigenvalue weighted by Gasteiger charge is -2.05. The first-order valence-corrected chi connectivity index (χ1v) is 6.24. The van der Waals surface area contributed by atoms with Gasteiger partial charge in [-0.1, -0.05) is 6.07 Å². The van der Waals surface area contributed by atoms with E-state index in [4.69, 9.17) is 4.74 Å². The van der Waals surface area contributed by atoms with Crippen LogP contribution in [0.2, 0.25) is 0 Å². The number of imidazole rings is 1. The molecule has 0 unspecified atom stereocenters. The van der Waals surface area contributed by atoms with Gasteiger partial charge in [0.15, 0.2) is 0 Å². The number of hydrogen-bond acceptors (Lipinski definition) is 5. The van der Waals surface area contributed by atoms with Crippen LogP contribution in [-0.2, 0) is 6.54 Å². The minimum Gasteiger partial charge on any atom is -0.462 e. The van der Waals surface area contributed by atoms with Crippen LogP contribution < -0.4 is 4.74 Å². The van der Waals surface area contributed by atoms with Crippen LogP contribution in [0, 0.1) is 0 Å². The molecule has 0 aliphatic heterocycles. The molecule has 20 heavy (non-hydrogen) atoms. The maximum Gasteiger partial charge on any atom is 0.316 e. The Hall–Kier alpha value is -2.76. The van der Waals surface area contributed by atoms with Gasteiger partial charge in [0.1, 0.15) is 6.61 Å². The molecule has 0 saturated heterocycles. The Morgan fingerprint density at radius 2 is 1.95 bits per heavy atom. The molecule has 0 bridgehead atoms. The van der Waals surface area contributed by atoms with E-state index in [1.165, 1.54) is 0 Å². The Labute approximate surface area is 116 Å². The summed E-state index contributed by atoms with van der Waals surface area (Å²) in [6, 6.07) is 6.08. The third-order valence-corrected chi connectivity index (χ3v) is 2.73. The Morgan fingerprint density at radius 1 is 1.05 bits per heavy atom. The molecule has 100 valence electrons. The van der Waals surface area contributed by atoms with Gasteiger partial charge in [0.2, 0.25) is 0 Å². The van der Waals surface area contributed by atoms with Crippen molar-refractivity contribution in [3.63, 3.8) is 0 Å². The van der Waals surface area contributed by atoms with Gasteiger partial charge < -0.3 is 9.30 Å². The Morgan fingerprint density at radius 3 is 2.65 bits per heavy atom. The predicted molar refractivity (Wildman–Crippen MR) is 73.0 cm³/mol. The Balaban J connectivity index is 1.59. The molecule has 0 aliphatic rings. The zero-order valence-electron chi connectivity index (χ0n) is 10.8. The molecule has 3 rings (SSSR count). The Bertz CT molecular complexity index is 637. The molecule has 0 aliphatic carbocycles. The molecule has 0 amide bonds. The second-order valence-electron chi connectivity index (χ2n) is 4.12. The third kappa shape index (κ3) is 2.97. The molecule has 6 nitrogen and oxygen atoms in total. The summed E-state index contributed by atoms with van der Waals surface area (Å²) in [7, 11) is 0. The van der Waals surface area contributed by atoms with Crippen LogP contribution in [0.15, 0.2) is 55.5 Å². The summed E-state index contributed by atoms with van der Waals surface area (Å²) in [4.78, 5) is 16.6. The highest BCUT2D eigenvalue weighted by atomic mass is 16.5. The summed E-state index contributed by atoms with van der Waals surface area (Å²) in [6.45, 7) is 1.21. The standard InChI is InChI=1S/C14H13N5O/c1-2-4-16-13(3-1)12-9-17-14(18-10-12)20-8-7-19-6-5-15-11-19/h1-6,9-11H,7-8H2. The van der Waals surface area contributed by atoms with Crippen LogP contribution >= 0.6 is 0 Å². The average molecular weight is 267 g/mol. The van der Waals surface area contributed by atoms with Crippen LogP contribution in [-0.4, -0.2) is 31.1 Å². The summed E-state index contributed by atoms with van der Waals surface area (Å²) in [5.41, 5.74) is 1.71. The maximum atomic E-state index is 5.48. The van der Waals surface area contributed by atoms with Crippen molar-refractivity contribution in [1.82, 2.24) is 24.5 Å². The molecular weight excluding hydrogens is 254 g/mol. The molecule has 0 aromatic carbocycles. The van der Waals surface area contributed by atoms with Crippen LogP contribution in [0.25, 0.3) is 11.3 Å². The summed E-state index contributed by atoms with van der Waals surface area (Å²) in [5.74, 6) is 0. The van der Waals surface area contributed by atoms with Crippen molar-refractivity contribution in [2.24, 2.45) is 0 Å². The number of rotatable bonds is 5. The lowest BCUT2D eigenvalue weighted by atomic mass is 10.2. The summed E-state index contributed by atoms with van der Waals surface area (Å²) in [6.07, 6.45) is 10.5. The second-order valence-corrected chi connectivity index (χ2v) is 4.12. The van der Waals surface area contributed by atoms with Gasteiger partial charge in [0.05, 0.1) is 18.6 Å². The van der Waals surface area contributed by atoms with Gasteiger partial charge in [0, 0.05) is 36.5 Å². The lowest BCUT2D eigenvalue weighted by Crippen LogP contribution is -2.08. The highest BCUT2D eigenvalue weighted by Gasteiger charge is 2.02. The monoisotopic (exact) mass is 267 g/mol. The van der Waals surface area contributed by atoms with Crippen molar-refractivity contribution in [3.05, 3.63) is 55.5 Å².